The number of carbonyl (C=O) groups is 1. The molecule has 0 aliphatic carbocycles. The molecule has 1 atom stereocenters. The summed E-state index contributed by atoms with van der Waals surface area (Å²) in [6.07, 6.45) is 5.41. The van der Waals surface area contributed by atoms with Crippen molar-refractivity contribution >= 4 is 22.4 Å². The number of rotatable bonds is 6. The van der Waals surface area contributed by atoms with Gasteiger partial charge in [-0.15, -0.1) is 11.3 Å². The van der Waals surface area contributed by atoms with E-state index in [1.807, 2.05) is 58.6 Å². The summed E-state index contributed by atoms with van der Waals surface area (Å²) >= 11 is 1.45. The fourth-order valence-corrected chi connectivity index (χ4v) is 3.86. The number of nitrogens with zero attached hydrogens (tertiary/aromatic N) is 3. The standard InChI is InChI=1S/C22H20N4OS/c1-16(18-6-3-2-4-7-18)19-15-28-22(24-19)25-21(27)20-8-5-13-26(20)14-17-9-11-23-12-10-17/h2-13,15-16H,14H2,1H3,(H,24,25,27). The van der Waals surface area contributed by atoms with Crippen molar-refractivity contribution in [3.05, 3.63) is 101 Å². The van der Waals surface area contributed by atoms with Crippen molar-refractivity contribution in [2.75, 3.05) is 5.32 Å². The molecule has 28 heavy (non-hydrogen) atoms. The van der Waals surface area contributed by atoms with Gasteiger partial charge in [-0.05, 0) is 35.4 Å². The fourth-order valence-electron chi connectivity index (χ4n) is 3.06. The SMILES string of the molecule is CC(c1ccccc1)c1csc(NC(=O)c2cccn2Cc2ccncc2)n1. The second kappa shape index (κ2) is 8.19. The van der Waals surface area contributed by atoms with Crippen LogP contribution in [0.15, 0.2) is 78.6 Å². The maximum atomic E-state index is 12.8. The van der Waals surface area contributed by atoms with Crippen molar-refractivity contribution in [1.82, 2.24) is 14.5 Å². The van der Waals surface area contributed by atoms with Gasteiger partial charge in [-0.2, -0.15) is 0 Å². The van der Waals surface area contributed by atoms with Crippen molar-refractivity contribution in [3.63, 3.8) is 0 Å². The summed E-state index contributed by atoms with van der Waals surface area (Å²) in [5.41, 5.74) is 3.86. The van der Waals surface area contributed by atoms with Crippen LogP contribution in [0.4, 0.5) is 5.13 Å². The van der Waals surface area contributed by atoms with Gasteiger partial charge in [0.25, 0.3) is 5.91 Å². The van der Waals surface area contributed by atoms with E-state index >= 15 is 0 Å². The van der Waals surface area contributed by atoms with E-state index in [0.717, 1.165) is 11.3 Å². The summed E-state index contributed by atoms with van der Waals surface area (Å²) in [5.74, 6) is 0.0194. The molecular weight excluding hydrogens is 368 g/mol. The number of carbonyl (C=O) groups excluding carboxylic acids is 1. The zero-order valence-electron chi connectivity index (χ0n) is 15.4. The summed E-state index contributed by atoms with van der Waals surface area (Å²) in [6, 6.07) is 17.8. The van der Waals surface area contributed by atoms with Gasteiger partial charge in [0, 0.05) is 36.4 Å². The van der Waals surface area contributed by atoms with Crippen LogP contribution >= 0.6 is 11.3 Å². The monoisotopic (exact) mass is 388 g/mol. The van der Waals surface area contributed by atoms with E-state index in [4.69, 9.17) is 0 Å². The van der Waals surface area contributed by atoms with Crippen LogP contribution in [0.3, 0.4) is 0 Å². The predicted molar refractivity (Wildman–Crippen MR) is 112 cm³/mol. The van der Waals surface area contributed by atoms with E-state index in [1.165, 1.54) is 16.9 Å². The number of amides is 1. The molecule has 0 bridgehead atoms. The first kappa shape index (κ1) is 18.1. The van der Waals surface area contributed by atoms with Gasteiger partial charge in [0.1, 0.15) is 5.69 Å². The molecule has 3 aromatic heterocycles. The first-order chi connectivity index (χ1) is 13.7. The Bertz CT molecular complexity index is 1060. The van der Waals surface area contributed by atoms with E-state index in [2.05, 4.69) is 34.3 Å². The normalized spacial score (nSPS) is 11.9. The fraction of sp³-hybridized carbons (Fsp3) is 0.136. The number of hydrogen-bond donors (Lipinski definition) is 1. The third-order valence-electron chi connectivity index (χ3n) is 4.65. The predicted octanol–water partition coefficient (Wildman–Crippen LogP) is 4.79. The number of nitrogens with one attached hydrogen (secondary N) is 1. The Morgan fingerprint density at radius 1 is 1.11 bits per heavy atom. The van der Waals surface area contributed by atoms with Gasteiger partial charge < -0.3 is 4.57 Å². The van der Waals surface area contributed by atoms with Crippen LogP contribution in [-0.2, 0) is 6.54 Å². The van der Waals surface area contributed by atoms with Crippen molar-refractivity contribution in [2.45, 2.75) is 19.4 Å². The lowest BCUT2D eigenvalue weighted by atomic mass is 9.99. The molecule has 6 heteroatoms. The van der Waals surface area contributed by atoms with Gasteiger partial charge >= 0.3 is 0 Å². The second-order valence-corrected chi connectivity index (χ2v) is 7.40. The highest BCUT2D eigenvalue weighted by Gasteiger charge is 2.16. The molecule has 4 rings (SSSR count). The van der Waals surface area contributed by atoms with Gasteiger partial charge in [-0.25, -0.2) is 4.98 Å². The summed E-state index contributed by atoms with van der Waals surface area (Å²) in [6.45, 7) is 2.74. The Morgan fingerprint density at radius 3 is 2.68 bits per heavy atom. The molecule has 1 unspecified atom stereocenters. The Labute approximate surface area is 167 Å². The number of hydrogen-bond acceptors (Lipinski definition) is 4. The topological polar surface area (TPSA) is 59.8 Å². The Kier molecular flexibility index (Phi) is 5.30. The molecule has 0 fully saturated rings. The van der Waals surface area contributed by atoms with Crippen molar-refractivity contribution in [1.29, 1.82) is 0 Å². The molecule has 1 aromatic carbocycles. The van der Waals surface area contributed by atoms with Crippen molar-refractivity contribution in [3.8, 4) is 0 Å². The molecule has 0 aliphatic heterocycles. The molecule has 1 amide bonds. The molecule has 0 aliphatic rings. The molecular formula is C22H20N4OS. The minimum atomic E-state index is -0.160. The van der Waals surface area contributed by atoms with Crippen LogP contribution in [0.5, 0.6) is 0 Å². The van der Waals surface area contributed by atoms with E-state index < -0.39 is 0 Å². The van der Waals surface area contributed by atoms with E-state index in [1.54, 1.807) is 12.4 Å². The van der Waals surface area contributed by atoms with Crippen molar-refractivity contribution in [2.24, 2.45) is 0 Å². The lowest BCUT2D eigenvalue weighted by Gasteiger charge is -2.09. The van der Waals surface area contributed by atoms with Crippen LogP contribution in [0.25, 0.3) is 0 Å². The average Bonchev–Trinajstić information content (AvgIpc) is 3.38. The van der Waals surface area contributed by atoms with Crippen LogP contribution in [0.2, 0.25) is 0 Å². The number of benzene rings is 1. The Balaban J connectivity index is 1.47. The summed E-state index contributed by atoms with van der Waals surface area (Å²) in [5, 5.41) is 5.55. The lowest BCUT2D eigenvalue weighted by Crippen LogP contribution is -2.17. The summed E-state index contributed by atoms with van der Waals surface area (Å²) < 4.78 is 1.92. The number of aromatic nitrogens is 3. The van der Waals surface area contributed by atoms with Gasteiger partial charge in [0.05, 0.1) is 5.69 Å². The first-order valence-electron chi connectivity index (χ1n) is 9.06. The number of pyridine rings is 1. The van der Waals surface area contributed by atoms with Gasteiger partial charge in [-0.3, -0.25) is 15.1 Å². The third-order valence-corrected chi connectivity index (χ3v) is 5.43. The summed E-state index contributed by atoms with van der Waals surface area (Å²) in [4.78, 5) is 21.4. The second-order valence-electron chi connectivity index (χ2n) is 6.54. The minimum Gasteiger partial charge on any atom is -0.339 e. The minimum absolute atomic E-state index is 0.160. The molecule has 0 spiro atoms. The molecule has 4 aromatic rings. The van der Waals surface area contributed by atoms with E-state index in [-0.39, 0.29) is 11.8 Å². The number of thiazole rings is 1. The van der Waals surface area contributed by atoms with Crippen LogP contribution in [0, 0.1) is 0 Å². The molecule has 1 N–H and O–H groups in total. The van der Waals surface area contributed by atoms with E-state index in [0.29, 0.717) is 17.4 Å². The lowest BCUT2D eigenvalue weighted by molar-refractivity contribution is 0.101. The molecule has 140 valence electrons. The molecule has 3 heterocycles. The smallest absolute Gasteiger partial charge is 0.274 e. The van der Waals surface area contributed by atoms with Crippen LogP contribution in [-0.4, -0.2) is 20.4 Å². The van der Waals surface area contributed by atoms with Crippen molar-refractivity contribution < 1.29 is 4.79 Å². The Morgan fingerprint density at radius 2 is 1.89 bits per heavy atom. The highest BCUT2D eigenvalue weighted by atomic mass is 32.1. The van der Waals surface area contributed by atoms with Crippen LogP contribution in [0.1, 0.15) is 40.2 Å². The maximum absolute atomic E-state index is 12.8. The van der Waals surface area contributed by atoms with Gasteiger partial charge in [0.2, 0.25) is 0 Å². The van der Waals surface area contributed by atoms with Gasteiger partial charge in [0.15, 0.2) is 5.13 Å². The Hall–Kier alpha value is -3.25. The highest BCUT2D eigenvalue weighted by molar-refractivity contribution is 7.14. The quantitative estimate of drug-likeness (QED) is 0.516. The summed E-state index contributed by atoms with van der Waals surface area (Å²) in [7, 11) is 0. The third kappa shape index (κ3) is 4.02. The zero-order valence-corrected chi connectivity index (χ0v) is 16.3. The van der Waals surface area contributed by atoms with Gasteiger partial charge in [-0.1, -0.05) is 37.3 Å². The maximum Gasteiger partial charge on any atom is 0.274 e. The van der Waals surface area contributed by atoms with E-state index in [9.17, 15) is 4.79 Å². The molecule has 0 radical (unpaired) electrons. The highest BCUT2D eigenvalue weighted by Crippen LogP contribution is 2.27. The number of anilines is 1. The molecule has 5 nitrogen and oxygen atoms in total. The molecule has 0 saturated carbocycles. The van der Waals surface area contributed by atoms with Crippen LogP contribution < -0.4 is 5.32 Å². The first-order valence-corrected chi connectivity index (χ1v) is 9.94. The largest absolute Gasteiger partial charge is 0.339 e. The molecule has 0 saturated heterocycles. The zero-order chi connectivity index (χ0) is 19.3. The average molecular weight is 388 g/mol.